The minimum Gasteiger partial charge on any atom is -0.489 e. The number of nitrogens with one attached hydrogen (secondary N) is 2. The molecule has 1 amide bonds. The third kappa shape index (κ3) is 4.23. The number of rotatable bonds is 6. The Morgan fingerprint density at radius 1 is 0.812 bits per heavy atom. The van der Waals surface area contributed by atoms with E-state index in [4.69, 9.17) is 4.74 Å². The third-order valence-electron chi connectivity index (χ3n) is 5.18. The zero-order valence-electron chi connectivity index (χ0n) is 17.3. The van der Waals surface area contributed by atoms with E-state index in [1.54, 1.807) is 6.07 Å². The van der Waals surface area contributed by atoms with E-state index in [0.29, 0.717) is 23.7 Å². The summed E-state index contributed by atoms with van der Waals surface area (Å²) in [5.74, 6) is 1.22. The molecule has 0 radical (unpaired) electrons. The average molecular weight is 419 g/mol. The molecule has 0 aliphatic rings. The number of para-hydroxylation sites is 2. The summed E-state index contributed by atoms with van der Waals surface area (Å²) >= 11 is 0. The number of imidazole rings is 1. The van der Waals surface area contributed by atoms with Crippen molar-refractivity contribution in [2.45, 2.75) is 6.61 Å². The van der Waals surface area contributed by atoms with Gasteiger partial charge in [-0.1, -0.05) is 60.7 Å². The van der Waals surface area contributed by atoms with E-state index in [2.05, 4.69) is 15.3 Å². The Kier molecular flexibility index (Phi) is 5.37. The van der Waals surface area contributed by atoms with Gasteiger partial charge >= 0.3 is 0 Å². The summed E-state index contributed by atoms with van der Waals surface area (Å²) in [6.07, 6.45) is 0. The molecule has 1 aromatic heterocycles. The Bertz CT molecular complexity index is 1330. The summed E-state index contributed by atoms with van der Waals surface area (Å²) in [7, 11) is 0. The van der Waals surface area contributed by atoms with E-state index < -0.39 is 0 Å². The topological polar surface area (TPSA) is 67.0 Å². The number of hydrogen-bond acceptors (Lipinski definition) is 3. The Morgan fingerprint density at radius 2 is 1.53 bits per heavy atom. The highest BCUT2D eigenvalue weighted by Crippen LogP contribution is 2.25. The van der Waals surface area contributed by atoms with Crippen LogP contribution < -0.4 is 10.1 Å². The van der Waals surface area contributed by atoms with E-state index in [1.165, 1.54) is 0 Å². The van der Waals surface area contributed by atoms with Gasteiger partial charge in [-0.05, 0) is 48.0 Å². The van der Waals surface area contributed by atoms with E-state index >= 15 is 0 Å². The van der Waals surface area contributed by atoms with Crippen LogP contribution in [0.1, 0.15) is 15.9 Å². The van der Waals surface area contributed by atoms with Crippen LogP contribution in [0.15, 0.2) is 103 Å². The highest BCUT2D eigenvalue weighted by atomic mass is 16.5. The van der Waals surface area contributed by atoms with Crippen LogP contribution in [0, 0.1) is 0 Å². The molecule has 0 saturated heterocycles. The zero-order chi connectivity index (χ0) is 21.8. The smallest absolute Gasteiger partial charge is 0.256 e. The van der Waals surface area contributed by atoms with Crippen molar-refractivity contribution in [3.63, 3.8) is 0 Å². The van der Waals surface area contributed by atoms with Crippen molar-refractivity contribution in [1.82, 2.24) is 9.97 Å². The molecule has 0 unspecified atom stereocenters. The number of aromatic amines is 1. The lowest BCUT2D eigenvalue weighted by Gasteiger charge is -2.10. The lowest BCUT2D eigenvalue weighted by atomic mass is 10.1. The molecule has 1 heterocycles. The number of benzene rings is 4. The van der Waals surface area contributed by atoms with Crippen LogP contribution in [0.4, 0.5) is 5.69 Å². The Balaban J connectivity index is 1.31. The van der Waals surface area contributed by atoms with Crippen LogP contribution in [0.25, 0.3) is 22.4 Å². The lowest BCUT2D eigenvalue weighted by molar-refractivity contribution is 0.102. The Morgan fingerprint density at radius 3 is 2.34 bits per heavy atom. The number of carbonyl (C=O) groups excluding carboxylic acids is 1. The Labute approximate surface area is 185 Å². The van der Waals surface area contributed by atoms with Crippen molar-refractivity contribution in [2.75, 3.05) is 5.32 Å². The lowest BCUT2D eigenvalue weighted by Crippen LogP contribution is -2.13. The van der Waals surface area contributed by atoms with Gasteiger partial charge in [0.25, 0.3) is 5.91 Å². The van der Waals surface area contributed by atoms with Gasteiger partial charge in [-0.2, -0.15) is 0 Å². The number of amides is 1. The van der Waals surface area contributed by atoms with Gasteiger partial charge in [0.1, 0.15) is 18.2 Å². The van der Waals surface area contributed by atoms with E-state index in [-0.39, 0.29) is 5.91 Å². The standard InChI is InChI=1S/C27H21N3O2/c31-27(28-20-14-16-21(17-15-20)32-18-19-8-2-1-3-9-19)23-11-5-4-10-22(23)26-29-24-12-6-7-13-25(24)30-26/h1-17H,18H2,(H,28,31)(H,29,30). The monoisotopic (exact) mass is 419 g/mol. The van der Waals surface area contributed by atoms with Crippen molar-refractivity contribution in [3.8, 4) is 17.1 Å². The fourth-order valence-electron chi connectivity index (χ4n) is 3.54. The molecular formula is C27H21N3O2. The minimum atomic E-state index is -0.195. The molecule has 4 aromatic carbocycles. The highest BCUT2D eigenvalue weighted by molar-refractivity contribution is 6.08. The maximum Gasteiger partial charge on any atom is 0.256 e. The van der Waals surface area contributed by atoms with Gasteiger partial charge < -0.3 is 15.0 Å². The van der Waals surface area contributed by atoms with Crippen LogP contribution in [0.5, 0.6) is 5.75 Å². The first kappa shape index (κ1) is 19.6. The average Bonchev–Trinajstić information content (AvgIpc) is 3.28. The number of hydrogen-bond donors (Lipinski definition) is 2. The number of anilines is 1. The molecule has 5 aromatic rings. The molecule has 0 aliphatic heterocycles. The fourth-order valence-corrected chi connectivity index (χ4v) is 3.54. The molecule has 0 atom stereocenters. The maximum atomic E-state index is 13.0. The molecule has 0 aliphatic carbocycles. The van der Waals surface area contributed by atoms with E-state index in [0.717, 1.165) is 27.9 Å². The predicted octanol–water partition coefficient (Wildman–Crippen LogP) is 6.06. The summed E-state index contributed by atoms with van der Waals surface area (Å²) in [5.41, 5.74) is 4.90. The van der Waals surface area contributed by atoms with Gasteiger partial charge in [-0.25, -0.2) is 4.98 Å². The summed E-state index contributed by atoms with van der Waals surface area (Å²) in [4.78, 5) is 21.0. The van der Waals surface area contributed by atoms with Crippen LogP contribution in [-0.2, 0) is 6.61 Å². The molecule has 5 rings (SSSR count). The fraction of sp³-hybridized carbons (Fsp3) is 0.0370. The van der Waals surface area contributed by atoms with Crippen molar-refractivity contribution in [3.05, 3.63) is 114 Å². The molecule has 0 bridgehead atoms. The van der Waals surface area contributed by atoms with Gasteiger partial charge in [0.05, 0.1) is 16.6 Å². The third-order valence-corrected chi connectivity index (χ3v) is 5.18. The van der Waals surface area contributed by atoms with Crippen molar-refractivity contribution in [2.24, 2.45) is 0 Å². The van der Waals surface area contributed by atoms with Crippen LogP contribution in [0.2, 0.25) is 0 Å². The first-order valence-corrected chi connectivity index (χ1v) is 10.4. The highest BCUT2D eigenvalue weighted by Gasteiger charge is 2.15. The summed E-state index contributed by atoms with van der Waals surface area (Å²) in [6.45, 7) is 0.497. The molecule has 156 valence electrons. The molecule has 5 heteroatoms. The number of nitrogens with zero attached hydrogens (tertiary/aromatic N) is 1. The minimum absolute atomic E-state index is 0.195. The van der Waals surface area contributed by atoms with Crippen LogP contribution in [-0.4, -0.2) is 15.9 Å². The largest absolute Gasteiger partial charge is 0.489 e. The first-order chi connectivity index (χ1) is 15.8. The van der Waals surface area contributed by atoms with Crippen molar-refractivity contribution in [1.29, 1.82) is 0 Å². The SMILES string of the molecule is O=C(Nc1ccc(OCc2ccccc2)cc1)c1ccccc1-c1nc2ccccc2[nH]1. The predicted molar refractivity (Wildman–Crippen MR) is 127 cm³/mol. The quantitative estimate of drug-likeness (QED) is 0.351. The van der Waals surface area contributed by atoms with E-state index in [9.17, 15) is 4.79 Å². The second-order valence-electron chi connectivity index (χ2n) is 7.40. The molecule has 2 N–H and O–H groups in total. The van der Waals surface area contributed by atoms with Crippen LogP contribution in [0.3, 0.4) is 0 Å². The zero-order valence-corrected chi connectivity index (χ0v) is 17.3. The number of H-pyrrole nitrogens is 1. The molecule has 0 spiro atoms. The van der Waals surface area contributed by atoms with Crippen LogP contribution >= 0.6 is 0 Å². The van der Waals surface area contributed by atoms with Gasteiger partial charge in [0.2, 0.25) is 0 Å². The van der Waals surface area contributed by atoms with E-state index in [1.807, 2.05) is 97.1 Å². The normalized spacial score (nSPS) is 10.8. The molecule has 32 heavy (non-hydrogen) atoms. The molecular weight excluding hydrogens is 398 g/mol. The van der Waals surface area contributed by atoms with Gasteiger partial charge in [-0.3, -0.25) is 4.79 Å². The molecule has 0 fully saturated rings. The number of carbonyl (C=O) groups is 1. The van der Waals surface area contributed by atoms with Gasteiger partial charge in [-0.15, -0.1) is 0 Å². The van der Waals surface area contributed by atoms with Crippen molar-refractivity contribution >= 4 is 22.6 Å². The maximum absolute atomic E-state index is 13.0. The molecule has 5 nitrogen and oxygen atoms in total. The second kappa shape index (κ2) is 8.78. The molecule has 0 saturated carbocycles. The summed E-state index contributed by atoms with van der Waals surface area (Å²) in [5, 5.41) is 2.97. The number of fused-ring (bicyclic) bond motifs is 1. The van der Waals surface area contributed by atoms with Gasteiger partial charge in [0.15, 0.2) is 0 Å². The number of ether oxygens (including phenoxy) is 1. The summed E-state index contributed by atoms with van der Waals surface area (Å²) < 4.78 is 5.82. The van der Waals surface area contributed by atoms with Crippen molar-refractivity contribution < 1.29 is 9.53 Å². The summed E-state index contributed by atoms with van der Waals surface area (Å²) in [6, 6.07) is 32.6. The Hall–Kier alpha value is -4.38. The second-order valence-corrected chi connectivity index (χ2v) is 7.40. The first-order valence-electron chi connectivity index (χ1n) is 10.4. The van der Waals surface area contributed by atoms with Gasteiger partial charge in [0, 0.05) is 11.3 Å². The number of aromatic nitrogens is 2.